The molecule has 1 aliphatic heterocycles. The summed E-state index contributed by atoms with van der Waals surface area (Å²) >= 11 is 0. The zero-order valence-corrected chi connectivity index (χ0v) is 8.25. The second-order valence-corrected chi connectivity index (χ2v) is 3.61. The van der Waals surface area contributed by atoms with Gasteiger partial charge in [0.05, 0.1) is 18.6 Å². The molecule has 0 aromatic heterocycles. The Labute approximate surface area is 82.9 Å². The van der Waals surface area contributed by atoms with E-state index in [2.05, 4.69) is 10.6 Å². The number of hydrogen-bond acceptors (Lipinski definition) is 4. The van der Waals surface area contributed by atoms with Crippen molar-refractivity contribution in [3.05, 3.63) is 0 Å². The van der Waals surface area contributed by atoms with E-state index in [4.69, 9.17) is 5.11 Å². The number of nitrogens with one attached hydrogen (secondary N) is 2. The molecule has 0 aromatic rings. The molecular formula is C9H16N2O3. The first kappa shape index (κ1) is 11.1. The van der Waals surface area contributed by atoms with E-state index in [0.717, 1.165) is 6.42 Å². The van der Waals surface area contributed by atoms with Crippen LogP contribution >= 0.6 is 0 Å². The molecule has 2 amide bonds. The summed E-state index contributed by atoms with van der Waals surface area (Å²) in [4.78, 5) is 21.9. The van der Waals surface area contributed by atoms with Gasteiger partial charge in [-0.1, -0.05) is 0 Å². The number of hydrogen-bond donors (Lipinski definition) is 3. The van der Waals surface area contributed by atoms with E-state index in [1.165, 1.54) is 0 Å². The maximum atomic E-state index is 11.1. The average molecular weight is 200 g/mol. The Morgan fingerprint density at radius 2 is 2.36 bits per heavy atom. The average Bonchev–Trinajstić information content (AvgIpc) is 2.39. The zero-order chi connectivity index (χ0) is 10.6. The lowest BCUT2D eigenvalue weighted by Gasteiger charge is -2.09. The minimum absolute atomic E-state index is 0.219. The van der Waals surface area contributed by atoms with Gasteiger partial charge >= 0.3 is 0 Å². The van der Waals surface area contributed by atoms with Gasteiger partial charge in [0.1, 0.15) is 0 Å². The van der Waals surface area contributed by atoms with Crippen LogP contribution in [0.5, 0.6) is 0 Å². The second kappa shape index (κ2) is 5.07. The first-order chi connectivity index (χ1) is 6.59. The molecule has 0 radical (unpaired) electrons. The summed E-state index contributed by atoms with van der Waals surface area (Å²) in [5.41, 5.74) is 0. The van der Waals surface area contributed by atoms with E-state index in [1.54, 1.807) is 6.92 Å². The lowest BCUT2D eigenvalue weighted by molar-refractivity contribution is -0.125. The van der Waals surface area contributed by atoms with Gasteiger partial charge in [-0.2, -0.15) is 0 Å². The summed E-state index contributed by atoms with van der Waals surface area (Å²) in [6.45, 7) is 2.38. The monoisotopic (exact) mass is 200 g/mol. The Bertz CT molecular complexity index is 228. The van der Waals surface area contributed by atoms with Gasteiger partial charge in [0.2, 0.25) is 11.8 Å². The molecule has 0 spiro atoms. The molecule has 0 saturated carbocycles. The van der Waals surface area contributed by atoms with Crippen molar-refractivity contribution in [2.45, 2.75) is 38.3 Å². The third-order valence-electron chi connectivity index (χ3n) is 2.16. The Morgan fingerprint density at radius 1 is 1.64 bits per heavy atom. The van der Waals surface area contributed by atoms with Crippen LogP contribution in [0.2, 0.25) is 0 Å². The highest BCUT2D eigenvalue weighted by atomic mass is 16.3. The fraction of sp³-hybridized carbons (Fsp3) is 0.778. The van der Waals surface area contributed by atoms with Gasteiger partial charge in [-0.3, -0.25) is 14.9 Å². The summed E-state index contributed by atoms with van der Waals surface area (Å²) in [5, 5.41) is 14.2. The van der Waals surface area contributed by atoms with Crippen molar-refractivity contribution in [3.8, 4) is 0 Å². The van der Waals surface area contributed by atoms with Gasteiger partial charge in [-0.15, -0.1) is 0 Å². The third kappa shape index (κ3) is 3.43. The highest BCUT2D eigenvalue weighted by Crippen LogP contribution is 2.02. The molecule has 2 unspecified atom stereocenters. The number of aliphatic hydroxyl groups excluding tert-OH is 1. The van der Waals surface area contributed by atoms with Crippen LogP contribution < -0.4 is 10.6 Å². The summed E-state index contributed by atoms with van der Waals surface area (Å²) < 4.78 is 0. The predicted molar refractivity (Wildman–Crippen MR) is 50.5 cm³/mol. The van der Waals surface area contributed by atoms with Crippen LogP contribution in [0.1, 0.15) is 26.2 Å². The van der Waals surface area contributed by atoms with Gasteiger partial charge < -0.3 is 10.4 Å². The molecule has 1 saturated heterocycles. The molecule has 14 heavy (non-hydrogen) atoms. The number of aliphatic hydroxyl groups is 1. The second-order valence-electron chi connectivity index (χ2n) is 3.61. The first-order valence-electron chi connectivity index (χ1n) is 4.84. The SMILES string of the molecule is CC(O)CCCNC1CC(=O)NC1=O. The molecule has 1 fully saturated rings. The number of rotatable bonds is 5. The first-order valence-corrected chi connectivity index (χ1v) is 4.84. The summed E-state index contributed by atoms with van der Waals surface area (Å²) in [6, 6.07) is -0.378. The van der Waals surface area contributed by atoms with E-state index >= 15 is 0 Å². The van der Waals surface area contributed by atoms with Gasteiger partial charge in [-0.05, 0) is 26.3 Å². The Balaban J connectivity index is 2.13. The molecule has 1 rings (SSSR count). The van der Waals surface area contributed by atoms with E-state index in [0.29, 0.717) is 13.0 Å². The maximum absolute atomic E-state index is 11.1. The molecule has 80 valence electrons. The molecule has 1 heterocycles. The van der Waals surface area contributed by atoms with Crippen LogP contribution in [0.25, 0.3) is 0 Å². The Kier molecular flexibility index (Phi) is 4.03. The highest BCUT2D eigenvalue weighted by molar-refractivity contribution is 6.05. The van der Waals surface area contributed by atoms with Crippen molar-refractivity contribution in [2.24, 2.45) is 0 Å². The van der Waals surface area contributed by atoms with Crippen molar-refractivity contribution in [1.29, 1.82) is 0 Å². The zero-order valence-electron chi connectivity index (χ0n) is 8.25. The van der Waals surface area contributed by atoms with E-state index < -0.39 is 0 Å². The molecule has 0 bridgehead atoms. The number of imide groups is 1. The van der Waals surface area contributed by atoms with Crippen molar-refractivity contribution in [2.75, 3.05) is 6.54 Å². The molecule has 0 aliphatic carbocycles. The molecule has 2 atom stereocenters. The quantitative estimate of drug-likeness (QED) is 0.399. The fourth-order valence-electron chi connectivity index (χ4n) is 1.39. The topological polar surface area (TPSA) is 78.4 Å². The lowest BCUT2D eigenvalue weighted by atomic mass is 10.2. The maximum Gasteiger partial charge on any atom is 0.244 e. The molecular weight excluding hydrogens is 184 g/mol. The lowest BCUT2D eigenvalue weighted by Crippen LogP contribution is -2.36. The molecule has 3 N–H and O–H groups in total. The molecule has 5 heteroatoms. The number of carbonyl (C=O) groups is 2. The van der Waals surface area contributed by atoms with E-state index in [-0.39, 0.29) is 30.4 Å². The van der Waals surface area contributed by atoms with Crippen LogP contribution in [0.3, 0.4) is 0 Å². The molecule has 0 aromatic carbocycles. The van der Waals surface area contributed by atoms with Gasteiger partial charge in [-0.25, -0.2) is 0 Å². The minimum Gasteiger partial charge on any atom is -0.393 e. The summed E-state index contributed by atoms with van der Waals surface area (Å²) in [6.07, 6.45) is 1.43. The van der Waals surface area contributed by atoms with Crippen molar-refractivity contribution in [3.63, 3.8) is 0 Å². The largest absolute Gasteiger partial charge is 0.393 e. The van der Waals surface area contributed by atoms with Crippen LogP contribution in [0, 0.1) is 0 Å². The van der Waals surface area contributed by atoms with E-state index in [1.807, 2.05) is 0 Å². The normalized spacial score (nSPS) is 23.7. The van der Waals surface area contributed by atoms with Gasteiger partial charge in [0.25, 0.3) is 0 Å². The Hall–Kier alpha value is -0.940. The molecule has 5 nitrogen and oxygen atoms in total. The van der Waals surface area contributed by atoms with Crippen molar-refractivity contribution >= 4 is 11.8 Å². The number of amides is 2. The smallest absolute Gasteiger partial charge is 0.244 e. The number of carbonyl (C=O) groups excluding carboxylic acids is 2. The van der Waals surface area contributed by atoms with Crippen LogP contribution in [0.4, 0.5) is 0 Å². The van der Waals surface area contributed by atoms with Crippen LogP contribution in [-0.4, -0.2) is 35.6 Å². The third-order valence-corrected chi connectivity index (χ3v) is 2.16. The van der Waals surface area contributed by atoms with E-state index in [9.17, 15) is 9.59 Å². The highest BCUT2D eigenvalue weighted by Gasteiger charge is 2.29. The Morgan fingerprint density at radius 3 is 2.86 bits per heavy atom. The van der Waals surface area contributed by atoms with Gasteiger partial charge in [0, 0.05) is 0 Å². The van der Waals surface area contributed by atoms with Crippen LogP contribution in [-0.2, 0) is 9.59 Å². The fourth-order valence-corrected chi connectivity index (χ4v) is 1.39. The summed E-state index contributed by atoms with van der Waals surface area (Å²) in [7, 11) is 0. The predicted octanol–water partition coefficient (Wildman–Crippen LogP) is -0.848. The van der Waals surface area contributed by atoms with Crippen molar-refractivity contribution in [1.82, 2.24) is 10.6 Å². The minimum atomic E-state index is -0.378. The van der Waals surface area contributed by atoms with Crippen LogP contribution in [0.15, 0.2) is 0 Å². The summed E-state index contributed by atoms with van der Waals surface area (Å²) in [5.74, 6) is -0.463. The van der Waals surface area contributed by atoms with Gasteiger partial charge in [0.15, 0.2) is 0 Å². The molecule has 1 aliphatic rings. The van der Waals surface area contributed by atoms with Crippen molar-refractivity contribution < 1.29 is 14.7 Å². The standard InChI is InChI=1S/C9H16N2O3/c1-6(12)3-2-4-10-7-5-8(13)11-9(7)14/h6-7,10,12H,2-5H2,1H3,(H,11,13,14).